The third-order valence-corrected chi connectivity index (χ3v) is 6.77. The number of aromatic amines is 1. The van der Waals surface area contributed by atoms with E-state index in [0.717, 1.165) is 10.7 Å². The largest absolute Gasteiger partial charge is 0.493 e. The van der Waals surface area contributed by atoms with Crippen LogP contribution in [0.1, 0.15) is 38.7 Å². The third-order valence-electron chi connectivity index (χ3n) is 4.87. The maximum absolute atomic E-state index is 12.9. The van der Waals surface area contributed by atoms with Gasteiger partial charge in [0.2, 0.25) is 10.0 Å². The quantitative estimate of drug-likeness (QED) is 0.476. The molecule has 0 amide bonds. The van der Waals surface area contributed by atoms with Crippen molar-refractivity contribution in [3.8, 4) is 17.1 Å². The van der Waals surface area contributed by atoms with Crippen molar-refractivity contribution in [3.05, 3.63) is 40.1 Å². The molecule has 3 rings (SSSR count). The Labute approximate surface area is 180 Å². The molecule has 2 heterocycles. The maximum atomic E-state index is 12.9. The van der Waals surface area contributed by atoms with E-state index in [1.54, 1.807) is 20.8 Å². The van der Waals surface area contributed by atoms with Gasteiger partial charge in [0, 0.05) is 13.0 Å². The number of hydrogen-bond acceptors (Lipinski definition) is 7. The van der Waals surface area contributed by atoms with Crippen LogP contribution in [0.5, 0.6) is 5.75 Å². The second-order valence-corrected chi connectivity index (χ2v) is 8.87. The van der Waals surface area contributed by atoms with Gasteiger partial charge in [-0.3, -0.25) is 4.79 Å². The number of aliphatic hydroxyl groups excluding tert-OH is 1. The molecule has 0 aliphatic carbocycles. The van der Waals surface area contributed by atoms with Crippen LogP contribution < -0.4 is 10.3 Å². The van der Waals surface area contributed by atoms with Gasteiger partial charge in [-0.05, 0) is 38.5 Å². The summed E-state index contributed by atoms with van der Waals surface area (Å²) in [6, 6.07) is 4.32. The average molecular weight is 450 g/mol. The van der Waals surface area contributed by atoms with E-state index in [1.165, 1.54) is 22.7 Å². The highest BCUT2D eigenvalue weighted by atomic mass is 32.2. The van der Waals surface area contributed by atoms with Crippen LogP contribution in [0.2, 0.25) is 0 Å². The Morgan fingerprint density at radius 2 is 2.00 bits per heavy atom. The highest BCUT2D eigenvalue weighted by Gasteiger charge is 2.25. The van der Waals surface area contributed by atoms with Crippen LogP contribution in [-0.4, -0.2) is 57.3 Å². The first-order chi connectivity index (χ1) is 14.8. The van der Waals surface area contributed by atoms with E-state index in [9.17, 15) is 18.3 Å². The summed E-state index contributed by atoms with van der Waals surface area (Å²) in [5.41, 5.74) is 0.876. The zero-order valence-corrected chi connectivity index (χ0v) is 18.9. The summed E-state index contributed by atoms with van der Waals surface area (Å²) in [6.45, 7) is 7.00. The van der Waals surface area contributed by atoms with E-state index < -0.39 is 16.8 Å². The highest BCUT2D eigenvalue weighted by Crippen LogP contribution is 2.31. The molecule has 0 unspecified atom stereocenters. The first-order valence-electron chi connectivity index (χ1n) is 10.1. The van der Waals surface area contributed by atoms with E-state index in [2.05, 4.69) is 15.1 Å². The van der Waals surface area contributed by atoms with Gasteiger partial charge in [-0.15, -0.1) is 5.10 Å². The Balaban J connectivity index is 2.27. The lowest BCUT2D eigenvalue weighted by Crippen LogP contribution is -2.31. The number of sulfonamides is 1. The smallest absolute Gasteiger partial charge is 0.277 e. The molecule has 0 fully saturated rings. The summed E-state index contributed by atoms with van der Waals surface area (Å²) in [7, 11) is -3.94. The van der Waals surface area contributed by atoms with E-state index in [1.807, 2.05) is 6.92 Å². The summed E-state index contributed by atoms with van der Waals surface area (Å²) in [5, 5.41) is 14.0. The van der Waals surface area contributed by atoms with Gasteiger partial charge in [-0.1, -0.05) is 13.8 Å². The zero-order valence-electron chi connectivity index (χ0n) is 18.0. The normalized spacial score (nSPS) is 12.1. The SMILES string of the molecule is CCCc1nc(C)c2c(=O)[nH]c(-c3cc(S(=O)(=O)N(CC)CO)ccc3OCC)nn12. The summed E-state index contributed by atoms with van der Waals surface area (Å²) in [5.74, 6) is 1.20. The van der Waals surface area contributed by atoms with Crippen LogP contribution in [-0.2, 0) is 16.4 Å². The predicted octanol–water partition coefficient (Wildman–Crippen LogP) is 1.70. The molecule has 1 aromatic carbocycles. The number of aryl methyl sites for hydroxylation is 2. The van der Waals surface area contributed by atoms with Crippen LogP contribution in [0, 0.1) is 6.92 Å². The van der Waals surface area contributed by atoms with Crippen molar-refractivity contribution in [2.75, 3.05) is 19.9 Å². The number of rotatable bonds is 9. The van der Waals surface area contributed by atoms with Crippen LogP contribution in [0.3, 0.4) is 0 Å². The van der Waals surface area contributed by atoms with Crippen LogP contribution in [0.4, 0.5) is 0 Å². The van der Waals surface area contributed by atoms with Crippen molar-refractivity contribution in [1.29, 1.82) is 0 Å². The van der Waals surface area contributed by atoms with Gasteiger partial charge in [0.1, 0.15) is 18.3 Å². The van der Waals surface area contributed by atoms with Gasteiger partial charge in [-0.25, -0.2) is 17.9 Å². The second kappa shape index (κ2) is 9.16. The van der Waals surface area contributed by atoms with Crippen LogP contribution >= 0.6 is 0 Å². The molecular formula is C20H27N5O5S. The number of nitrogens with one attached hydrogen (secondary N) is 1. The summed E-state index contributed by atoms with van der Waals surface area (Å²) in [6.07, 6.45) is 1.47. The molecule has 10 nitrogen and oxygen atoms in total. The van der Waals surface area contributed by atoms with Crippen molar-refractivity contribution in [3.63, 3.8) is 0 Å². The van der Waals surface area contributed by atoms with Gasteiger partial charge in [0.15, 0.2) is 11.3 Å². The number of fused-ring (bicyclic) bond motifs is 1. The molecule has 0 saturated carbocycles. The fourth-order valence-corrected chi connectivity index (χ4v) is 4.67. The molecule has 3 aromatic rings. The summed E-state index contributed by atoms with van der Waals surface area (Å²) >= 11 is 0. The molecule has 0 atom stereocenters. The van der Waals surface area contributed by atoms with E-state index in [-0.39, 0.29) is 22.8 Å². The molecule has 2 N–H and O–H groups in total. The van der Waals surface area contributed by atoms with Gasteiger partial charge in [-0.2, -0.15) is 4.31 Å². The Morgan fingerprint density at radius 1 is 1.26 bits per heavy atom. The zero-order chi connectivity index (χ0) is 22.8. The van der Waals surface area contributed by atoms with E-state index >= 15 is 0 Å². The van der Waals surface area contributed by atoms with Gasteiger partial charge < -0.3 is 14.8 Å². The third kappa shape index (κ3) is 4.21. The Kier molecular flexibility index (Phi) is 6.77. The molecule has 0 saturated heterocycles. The number of H-pyrrole nitrogens is 1. The van der Waals surface area contributed by atoms with E-state index in [4.69, 9.17) is 4.74 Å². The van der Waals surface area contributed by atoms with Crippen molar-refractivity contribution in [2.24, 2.45) is 0 Å². The van der Waals surface area contributed by atoms with Crippen molar-refractivity contribution >= 4 is 15.5 Å². The monoisotopic (exact) mass is 449 g/mol. The molecule has 2 aromatic heterocycles. The minimum absolute atomic E-state index is 0.0415. The lowest BCUT2D eigenvalue weighted by molar-refractivity contribution is 0.184. The van der Waals surface area contributed by atoms with E-state index in [0.29, 0.717) is 41.4 Å². The number of imidazole rings is 1. The predicted molar refractivity (Wildman–Crippen MR) is 116 cm³/mol. The Bertz CT molecular complexity index is 1240. The maximum Gasteiger partial charge on any atom is 0.277 e. The number of hydrogen-bond donors (Lipinski definition) is 2. The van der Waals surface area contributed by atoms with Gasteiger partial charge in [0.25, 0.3) is 5.56 Å². The molecule has 0 spiro atoms. The van der Waals surface area contributed by atoms with Crippen molar-refractivity contribution < 1.29 is 18.3 Å². The first kappa shape index (κ1) is 22.9. The topological polar surface area (TPSA) is 130 Å². The average Bonchev–Trinajstić information content (AvgIpc) is 3.05. The first-order valence-corrected chi connectivity index (χ1v) is 11.6. The molecule has 0 bridgehead atoms. The minimum atomic E-state index is -3.94. The summed E-state index contributed by atoms with van der Waals surface area (Å²) in [4.78, 5) is 20.0. The highest BCUT2D eigenvalue weighted by molar-refractivity contribution is 7.89. The molecule has 31 heavy (non-hydrogen) atoms. The molecule has 0 aliphatic heterocycles. The molecule has 168 valence electrons. The number of nitrogens with zero attached hydrogens (tertiary/aromatic N) is 4. The van der Waals surface area contributed by atoms with Gasteiger partial charge in [0.05, 0.1) is 22.8 Å². The Morgan fingerprint density at radius 3 is 2.61 bits per heavy atom. The molecule has 0 aliphatic rings. The minimum Gasteiger partial charge on any atom is -0.493 e. The number of aromatic nitrogens is 4. The fraction of sp³-hybridized carbons (Fsp3) is 0.450. The van der Waals surface area contributed by atoms with Crippen LogP contribution in [0.25, 0.3) is 16.9 Å². The number of aliphatic hydroxyl groups is 1. The molecular weight excluding hydrogens is 422 g/mol. The second-order valence-electron chi connectivity index (χ2n) is 6.93. The lowest BCUT2D eigenvalue weighted by Gasteiger charge is -2.19. The van der Waals surface area contributed by atoms with Crippen LogP contribution in [0.15, 0.2) is 27.9 Å². The van der Waals surface area contributed by atoms with Crippen molar-refractivity contribution in [1.82, 2.24) is 23.9 Å². The fourth-order valence-electron chi connectivity index (χ4n) is 3.37. The molecule has 11 heteroatoms. The number of benzene rings is 1. The number of ether oxygens (including phenoxy) is 1. The molecule has 0 radical (unpaired) electrons. The van der Waals surface area contributed by atoms with Crippen molar-refractivity contribution in [2.45, 2.75) is 45.4 Å². The summed E-state index contributed by atoms with van der Waals surface area (Å²) < 4.78 is 33.9. The van der Waals surface area contributed by atoms with Gasteiger partial charge >= 0.3 is 0 Å². The standard InChI is InChI=1S/C20H27N5O5S/c1-5-8-17-21-13(4)18-20(27)22-19(23-25(17)18)15-11-14(9-10-16(15)30-7-3)31(28,29)24(6-2)12-26/h9-11,26H,5-8,12H2,1-4H3,(H,22,23,27). The lowest BCUT2D eigenvalue weighted by atomic mass is 10.2. The Hall–Kier alpha value is -2.76.